The van der Waals surface area contributed by atoms with Crippen LogP contribution in [0.15, 0.2) is 0 Å². The van der Waals surface area contributed by atoms with Gasteiger partial charge >= 0.3 is 0 Å². The summed E-state index contributed by atoms with van der Waals surface area (Å²) in [6.07, 6.45) is -10.7. The lowest BCUT2D eigenvalue weighted by atomic mass is 9.95. The number of amides is 1. The SMILES string of the molecule is NCC(=O)N[C@H]1[C@@H](O)[C@@H](CO)O[C@@H](O[C@H]2[C@H](O)[C@@H](O)CO[C@@H]2CO)[C@@H]1O. The van der Waals surface area contributed by atoms with Gasteiger partial charge in [-0.05, 0) is 0 Å². The minimum atomic E-state index is -1.59. The Morgan fingerprint density at radius 3 is 2.31 bits per heavy atom. The summed E-state index contributed by atoms with van der Waals surface area (Å²) in [5.41, 5.74) is 5.21. The highest BCUT2D eigenvalue weighted by atomic mass is 16.7. The number of rotatable bonds is 6. The molecule has 0 aromatic carbocycles. The van der Waals surface area contributed by atoms with Gasteiger partial charge in [0.2, 0.25) is 5.91 Å². The second kappa shape index (κ2) is 9.32. The van der Waals surface area contributed by atoms with Crippen LogP contribution in [-0.4, -0.2) is 118 Å². The second-order valence-electron chi connectivity index (χ2n) is 6.22. The molecule has 0 bridgehead atoms. The van der Waals surface area contributed by atoms with Crippen molar-refractivity contribution in [1.29, 1.82) is 0 Å². The largest absolute Gasteiger partial charge is 0.394 e. The van der Waals surface area contributed by atoms with Gasteiger partial charge in [0.05, 0.1) is 32.4 Å². The molecule has 0 aromatic heterocycles. The molecule has 2 fully saturated rings. The number of nitrogens with two attached hydrogens (primary N) is 1. The lowest BCUT2D eigenvalue weighted by Gasteiger charge is -2.45. The van der Waals surface area contributed by atoms with Crippen molar-refractivity contribution < 1.29 is 49.6 Å². The number of hydrogen-bond donors (Lipinski definition) is 8. The number of nitrogens with one attached hydrogen (secondary N) is 1. The molecule has 2 aliphatic rings. The van der Waals surface area contributed by atoms with Gasteiger partial charge in [0.25, 0.3) is 0 Å². The Balaban J connectivity index is 2.16. The van der Waals surface area contributed by atoms with Crippen molar-refractivity contribution in [3.8, 4) is 0 Å². The van der Waals surface area contributed by atoms with E-state index in [2.05, 4.69) is 5.32 Å². The second-order valence-corrected chi connectivity index (χ2v) is 6.22. The first-order valence-corrected chi connectivity index (χ1v) is 8.20. The standard InChI is InChI=1S/C14H26N2O10/c15-1-8(20)16-9-11(22)6(2-17)25-14(12(9)23)26-13-7(3-18)24-4-5(19)10(13)21/h5-7,9-14,17-19,21-23H,1-4,15H2,(H,16,20)/t5-,6+,7+,9-,10+,11-,12+,13+,14-/m0/s1. The van der Waals surface area contributed by atoms with E-state index in [0.29, 0.717) is 0 Å². The summed E-state index contributed by atoms with van der Waals surface area (Å²) in [5.74, 6) is -0.657. The Labute approximate surface area is 149 Å². The molecule has 2 aliphatic heterocycles. The fourth-order valence-electron chi connectivity index (χ4n) is 2.95. The molecular formula is C14H26N2O10. The third-order valence-electron chi connectivity index (χ3n) is 4.45. The minimum absolute atomic E-state index is 0.215. The Kier molecular flexibility index (Phi) is 7.66. The van der Waals surface area contributed by atoms with Gasteiger partial charge in [-0.3, -0.25) is 4.79 Å². The molecule has 9 atom stereocenters. The zero-order chi connectivity index (χ0) is 19.4. The highest BCUT2D eigenvalue weighted by molar-refractivity contribution is 5.78. The Hall–Kier alpha value is -0.930. The van der Waals surface area contributed by atoms with E-state index in [-0.39, 0.29) is 13.2 Å². The smallest absolute Gasteiger partial charge is 0.234 e. The van der Waals surface area contributed by atoms with Crippen molar-refractivity contribution in [2.24, 2.45) is 5.73 Å². The van der Waals surface area contributed by atoms with Crippen LogP contribution < -0.4 is 11.1 Å². The van der Waals surface area contributed by atoms with Crippen molar-refractivity contribution in [2.75, 3.05) is 26.4 Å². The van der Waals surface area contributed by atoms with E-state index in [1.165, 1.54) is 0 Å². The van der Waals surface area contributed by atoms with Crippen LogP contribution in [0.1, 0.15) is 0 Å². The predicted octanol–water partition coefficient (Wildman–Crippen LogP) is -5.63. The molecule has 0 aromatic rings. The Morgan fingerprint density at radius 2 is 1.73 bits per heavy atom. The predicted molar refractivity (Wildman–Crippen MR) is 82.5 cm³/mol. The maximum absolute atomic E-state index is 11.5. The molecule has 0 aliphatic carbocycles. The molecule has 12 heteroatoms. The Bertz CT molecular complexity index is 467. The molecule has 2 saturated heterocycles. The van der Waals surface area contributed by atoms with Gasteiger partial charge in [0.15, 0.2) is 6.29 Å². The summed E-state index contributed by atoms with van der Waals surface area (Å²) in [7, 11) is 0. The first kappa shape index (κ1) is 21.4. The zero-order valence-corrected chi connectivity index (χ0v) is 13.9. The topological polar surface area (TPSA) is 204 Å². The molecular weight excluding hydrogens is 356 g/mol. The molecule has 152 valence electrons. The molecule has 9 N–H and O–H groups in total. The average molecular weight is 382 g/mol. The quantitative estimate of drug-likeness (QED) is 0.217. The van der Waals surface area contributed by atoms with E-state index in [1.54, 1.807) is 0 Å². The molecule has 12 nitrogen and oxygen atoms in total. The number of aliphatic hydroxyl groups excluding tert-OH is 6. The summed E-state index contributed by atoms with van der Waals surface area (Å²) >= 11 is 0. The monoisotopic (exact) mass is 382 g/mol. The maximum atomic E-state index is 11.5. The third kappa shape index (κ3) is 4.48. The molecule has 26 heavy (non-hydrogen) atoms. The molecule has 0 radical (unpaired) electrons. The molecule has 1 amide bonds. The number of carbonyl (C=O) groups is 1. The summed E-state index contributed by atoms with van der Waals surface area (Å²) in [6, 6.07) is -1.26. The van der Waals surface area contributed by atoms with Crippen LogP contribution in [0.25, 0.3) is 0 Å². The van der Waals surface area contributed by atoms with E-state index in [9.17, 15) is 35.4 Å². The first-order valence-electron chi connectivity index (χ1n) is 8.20. The molecule has 2 heterocycles. The van der Waals surface area contributed by atoms with Crippen molar-refractivity contribution in [2.45, 2.75) is 55.1 Å². The fraction of sp³-hybridized carbons (Fsp3) is 0.929. The van der Waals surface area contributed by atoms with Crippen LogP contribution in [0.5, 0.6) is 0 Å². The van der Waals surface area contributed by atoms with Crippen LogP contribution in [0, 0.1) is 0 Å². The van der Waals surface area contributed by atoms with Crippen molar-refractivity contribution >= 4 is 5.91 Å². The number of carbonyl (C=O) groups excluding carboxylic acids is 1. The highest BCUT2D eigenvalue weighted by Crippen LogP contribution is 2.27. The van der Waals surface area contributed by atoms with E-state index in [0.717, 1.165) is 0 Å². The van der Waals surface area contributed by atoms with Crippen molar-refractivity contribution in [3.63, 3.8) is 0 Å². The van der Waals surface area contributed by atoms with Gasteiger partial charge in [0.1, 0.15) is 42.7 Å². The van der Waals surface area contributed by atoms with Crippen LogP contribution in [-0.2, 0) is 19.0 Å². The molecule has 2 rings (SSSR count). The van der Waals surface area contributed by atoms with Gasteiger partial charge in [-0.2, -0.15) is 0 Å². The van der Waals surface area contributed by atoms with Crippen LogP contribution in [0.2, 0.25) is 0 Å². The fourth-order valence-corrected chi connectivity index (χ4v) is 2.95. The molecule has 0 spiro atoms. The summed E-state index contributed by atoms with van der Waals surface area (Å²) in [4.78, 5) is 11.5. The minimum Gasteiger partial charge on any atom is -0.394 e. The van der Waals surface area contributed by atoms with E-state index in [4.69, 9.17) is 19.9 Å². The lowest BCUT2D eigenvalue weighted by molar-refractivity contribution is -0.323. The zero-order valence-electron chi connectivity index (χ0n) is 13.9. The van der Waals surface area contributed by atoms with Crippen LogP contribution in [0.4, 0.5) is 0 Å². The molecule has 0 saturated carbocycles. The number of hydrogen-bond acceptors (Lipinski definition) is 11. The maximum Gasteiger partial charge on any atom is 0.234 e. The number of ether oxygens (including phenoxy) is 3. The lowest BCUT2D eigenvalue weighted by Crippen LogP contribution is -2.67. The highest BCUT2D eigenvalue weighted by Gasteiger charge is 2.49. The molecule has 0 unspecified atom stereocenters. The normalized spacial score (nSPS) is 43.9. The van der Waals surface area contributed by atoms with Crippen molar-refractivity contribution in [3.05, 3.63) is 0 Å². The van der Waals surface area contributed by atoms with E-state index in [1.807, 2.05) is 0 Å². The van der Waals surface area contributed by atoms with Gasteiger partial charge in [0, 0.05) is 0 Å². The van der Waals surface area contributed by atoms with Gasteiger partial charge in [-0.25, -0.2) is 0 Å². The summed E-state index contributed by atoms with van der Waals surface area (Å²) in [6.45, 7) is -1.78. The Morgan fingerprint density at radius 1 is 1.08 bits per heavy atom. The number of aliphatic hydroxyl groups is 6. The van der Waals surface area contributed by atoms with Gasteiger partial charge in [-0.1, -0.05) is 0 Å². The van der Waals surface area contributed by atoms with E-state index >= 15 is 0 Å². The van der Waals surface area contributed by atoms with Crippen molar-refractivity contribution in [1.82, 2.24) is 5.32 Å². The van der Waals surface area contributed by atoms with E-state index < -0.39 is 74.2 Å². The van der Waals surface area contributed by atoms with Gasteiger partial charge in [-0.15, -0.1) is 0 Å². The van der Waals surface area contributed by atoms with Crippen LogP contribution in [0.3, 0.4) is 0 Å². The third-order valence-corrected chi connectivity index (χ3v) is 4.45. The first-order chi connectivity index (χ1) is 12.3. The van der Waals surface area contributed by atoms with Gasteiger partial charge < -0.3 is 55.9 Å². The summed E-state index contributed by atoms with van der Waals surface area (Å²) < 4.78 is 16.0. The average Bonchev–Trinajstić information content (AvgIpc) is 2.64. The summed E-state index contributed by atoms with van der Waals surface area (Å²) in [5, 5.41) is 61.4. The van der Waals surface area contributed by atoms with Crippen LogP contribution >= 0.6 is 0 Å².